The third kappa shape index (κ3) is 3.82. The molecule has 116 valence electrons. The van der Waals surface area contributed by atoms with E-state index in [1.165, 1.54) is 0 Å². The SMILES string of the molecule is [NH3+]Cc1ccc(Oc2ccc(S(=O)(=O)CC3CS3)cc2)cc1. The van der Waals surface area contributed by atoms with E-state index in [1.54, 1.807) is 36.0 Å². The minimum absolute atomic E-state index is 0.227. The van der Waals surface area contributed by atoms with Crippen LogP contribution in [0.5, 0.6) is 11.5 Å². The normalized spacial score (nSPS) is 17.2. The van der Waals surface area contributed by atoms with Gasteiger partial charge in [-0.25, -0.2) is 8.42 Å². The van der Waals surface area contributed by atoms with Gasteiger partial charge in [-0.1, -0.05) is 0 Å². The topological polar surface area (TPSA) is 71.0 Å². The number of hydrogen-bond acceptors (Lipinski definition) is 4. The molecule has 0 aromatic heterocycles. The molecule has 0 spiro atoms. The molecule has 4 nitrogen and oxygen atoms in total. The minimum atomic E-state index is -3.18. The fourth-order valence-corrected chi connectivity index (χ4v) is 4.76. The van der Waals surface area contributed by atoms with E-state index in [0.717, 1.165) is 23.6 Å². The zero-order chi connectivity index (χ0) is 15.6. The molecule has 1 fully saturated rings. The molecule has 1 unspecified atom stereocenters. The molecule has 22 heavy (non-hydrogen) atoms. The Morgan fingerprint density at radius 2 is 1.59 bits per heavy atom. The standard InChI is InChI=1S/C16H17NO3S2/c17-9-12-1-3-13(4-2-12)20-14-5-7-16(8-6-14)22(18,19)11-15-10-21-15/h1-8,15H,9-11,17H2/p+1. The maximum atomic E-state index is 12.2. The van der Waals surface area contributed by atoms with Crippen LogP contribution in [0, 0.1) is 0 Å². The molecule has 3 N–H and O–H groups in total. The highest BCUT2D eigenvalue weighted by Crippen LogP contribution is 2.33. The number of rotatable bonds is 6. The van der Waals surface area contributed by atoms with Crippen LogP contribution in [-0.2, 0) is 16.4 Å². The third-order valence-corrected chi connectivity index (χ3v) is 6.45. The maximum Gasteiger partial charge on any atom is 0.179 e. The Labute approximate surface area is 134 Å². The second kappa shape index (κ2) is 6.32. The van der Waals surface area contributed by atoms with Gasteiger partial charge >= 0.3 is 0 Å². The minimum Gasteiger partial charge on any atom is -0.457 e. The van der Waals surface area contributed by atoms with Crippen molar-refractivity contribution in [2.24, 2.45) is 0 Å². The molecule has 1 aliphatic rings. The van der Waals surface area contributed by atoms with Crippen molar-refractivity contribution in [2.75, 3.05) is 11.5 Å². The predicted octanol–water partition coefficient (Wildman–Crippen LogP) is 2.11. The predicted molar refractivity (Wildman–Crippen MR) is 87.8 cm³/mol. The largest absolute Gasteiger partial charge is 0.457 e. The van der Waals surface area contributed by atoms with Gasteiger partial charge in [-0.3, -0.25) is 0 Å². The number of hydrogen-bond donors (Lipinski definition) is 1. The average Bonchev–Trinajstić information content (AvgIpc) is 3.32. The summed E-state index contributed by atoms with van der Waals surface area (Å²) in [7, 11) is -3.18. The molecular formula is C16H18NO3S2+. The molecule has 3 rings (SSSR count). The van der Waals surface area contributed by atoms with Crippen LogP contribution in [0.2, 0.25) is 0 Å². The Morgan fingerprint density at radius 3 is 2.09 bits per heavy atom. The number of ether oxygens (including phenoxy) is 1. The highest BCUT2D eigenvalue weighted by Gasteiger charge is 2.29. The van der Waals surface area contributed by atoms with Gasteiger partial charge < -0.3 is 10.5 Å². The van der Waals surface area contributed by atoms with Crippen molar-refractivity contribution in [2.45, 2.75) is 16.7 Å². The molecule has 2 aromatic carbocycles. The fourth-order valence-electron chi connectivity index (χ4n) is 2.08. The van der Waals surface area contributed by atoms with E-state index >= 15 is 0 Å². The van der Waals surface area contributed by atoms with E-state index in [-0.39, 0.29) is 11.0 Å². The van der Waals surface area contributed by atoms with Crippen LogP contribution >= 0.6 is 11.8 Å². The number of sulfone groups is 1. The zero-order valence-corrected chi connectivity index (χ0v) is 13.7. The Kier molecular flexibility index (Phi) is 4.42. The van der Waals surface area contributed by atoms with Crippen molar-refractivity contribution in [1.82, 2.24) is 0 Å². The molecular weight excluding hydrogens is 318 g/mol. The Hall–Kier alpha value is -1.50. The van der Waals surface area contributed by atoms with Crippen LogP contribution in [0.3, 0.4) is 0 Å². The van der Waals surface area contributed by atoms with E-state index in [9.17, 15) is 8.42 Å². The molecule has 0 radical (unpaired) electrons. The van der Waals surface area contributed by atoms with Gasteiger partial charge in [0.2, 0.25) is 0 Å². The first-order chi connectivity index (χ1) is 10.6. The molecule has 0 amide bonds. The van der Waals surface area contributed by atoms with Gasteiger partial charge in [-0.15, -0.1) is 0 Å². The second-order valence-electron chi connectivity index (χ2n) is 5.20. The molecule has 1 saturated heterocycles. The second-order valence-corrected chi connectivity index (χ2v) is 8.57. The van der Waals surface area contributed by atoms with E-state index in [4.69, 9.17) is 4.74 Å². The lowest BCUT2D eigenvalue weighted by molar-refractivity contribution is -0.386. The summed E-state index contributed by atoms with van der Waals surface area (Å²) >= 11 is 1.69. The zero-order valence-electron chi connectivity index (χ0n) is 12.1. The van der Waals surface area contributed by atoms with E-state index in [2.05, 4.69) is 5.73 Å². The van der Waals surface area contributed by atoms with Gasteiger partial charge in [0.05, 0.1) is 17.2 Å². The lowest BCUT2D eigenvalue weighted by atomic mass is 10.2. The van der Waals surface area contributed by atoms with Gasteiger partial charge in [0.15, 0.2) is 9.84 Å². The van der Waals surface area contributed by atoms with Crippen molar-refractivity contribution in [3.63, 3.8) is 0 Å². The third-order valence-electron chi connectivity index (χ3n) is 3.44. The molecule has 0 saturated carbocycles. The van der Waals surface area contributed by atoms with Crippen LogP contribution in [0.25, 0.3) is 0 Å². The van der Waals surface area contributed by atoms with Crippen LogP contribution in [0.15, 0.2) is 53.4 Å². The van der Waals surface area contributed by atoms with E-state index < -0.39 is 9.84 Å². The van der Waals surface area contributed by atoms with Gasteiger partial charge in [0.25, 0.3) is 0 Å². The van der Waals surface area contributed by atoms with Crippen molar-refractivity contribution in [1.29, 1.82) is 0 Å². The first-order valence-corrected chi connectivity index (χ1v) is 9.77. The maximum absolute atomic E-state index is 12.2. The molecule has 1 aliphatic heterocycles. The Morgan fingerprint density at radius 1 is 1.05 bits per heavy atom. The molecule has 1 atom stereocenters. The monoisotopic (exact) mass is 336 g/mol. The summed E-state index contributed by atoms with van der Waals surface area (Å²) in [5.41, 5.74) is 4.97. The molecule has 6 heteroatoms. The summed E-state index contributed by atoms with van der Waals surface area (Å²) in [5.74, 6) is 2.53. The summed E-state index contributed by atoms with van der Waals surface area (Å²) in [4.78, 5) is 0.361. The smallest absolute Gasteiger partial charge is 0.179 e. The molecule has 0 aliphatic carbocycles. The van der Waals surface area contributed by atoms with E-state index in [1.807, 2.05) is 24.3 Å². The average molecular weight is 336 g/mol. The lowest BCUT2D eigenvalue weighted by Crippen LogP contribution is -2.47. The highest BCUT2D eigenvalue weighted by molar-refractivity contribution is 8.08. The summed E-state index contributed by atoms with van der Waals surface area (Å²) in [5, 5.41) is 0.271. The van der Waals surface area contributed by atoms with Gasteiger partial charge in [-0.05, 0) is 48.5 Å². The first kappa shape index (κ1) is 15.4. The van der Waals surface area contributed by atoms with Crippen LogP contribution < -0.4 is 10.5 Å². The Bertz CT molecular complexity index is 736. The summed E-state index contributed by atoms with van der Waals surface area (Å²) < 4.78 is 30.0. The van der Waals surface area contributed by atoms with Gasteiger partial charge in [0.1, 0.15) is 11.5 Å². The summed E-state index contributed by atoms with van der Waals surface area (Å²) in [6.45, 7) is 0.742. The highest BCUT2D eigenvalue weighted by atomic mass is 32.2. The lowest BCUT2D eigenvalue weighted by Gasteiger charge is -2.07. The molecule has 2 aromatic rings. The summed E-state index contributed by atoms with van der Waals surface area (Å²) in [6.07, 6.45) is 0. The number of thioether (sulfide) groups is 1. The van der Waals surface area contributed by atoms with Crippen LogP contribution in [0.4, 0.5) is 0 Å². The number of benzene rings is 2. The van der Waals surface area contributed by atoms with Crippen molar-refractivity contribution in [3.05, 3.63) is 54.1 Å². The number of quaternary nitrogens is 1. The van der Waals surface area contributed by atoms with Crippen LogP contribution in [-0.4, -0.2) is 25.2 Å². The van der Waals surface area contributed by atoms with Crippen molar-refractivity contribution >= 4 is 21.6 Å². The molecule has 1 heterocycles. The molecule has 0 bridgehead atoms. The first-order valence-electron chi connectivity index (χ1n) is 7.07. The van der Waals surface area contributed by atoms with Crippen molar-refractivity contribution < 1.29 is 18.9 Å². The van der Waals surface area contributed by atoms with E-state index in [0.29, 0.717) is 10.6 Å². The fraction of sp³-hybridized carbons (Fsp3) is 0.250. The quantitative estimate of drug-likeness (QED) is 0.820. The van der Waals surface area contributed by atoms with Crippen LogP contribution in [0.1, 0.15) is 5.56 Å². The Balaban J connectivity index is 1.70. The van der Waals surface area contributed by atoms with Gasteiger partial charge in [-0.2, -0.15) is 11.8 Å². The summed E-state index contributed by atoms with van der Waals surface area (Å²) in [6, 6.07) is 14.3. The van der Waals surface area contributed by atoms with Crippen molar-refractivity contribution in [3.8, 4) is 11.5 Å². The van der Waals surface area contributed by atoms with Gasteiger partial charge in [0, 0.05) is 16.6 Å².